The van der Waals surface area contributed by atoms with Crippen LogP contribution in [0.25, 0.3) is 0 Å². The van der Waals surface area contributed by atoms with Gasteiger partial charge in [-0.05, 0) is 0 Å². The SMILES string of the molecule is Nc1nc(=O)n([C@@H]2CS[C@H](C(=O)OC(=O)/C=C\C(=O)OC(=O)[C@@H]3O[C@H](n4cc(F)c(N)nc4=O)CS3)O2)cc1F. The van der Waals surface area contributed by atoms with E-state index in [4.69, 9.17) is 20.9 Å². The van der Waals surface area contributed by atoms with Crippen LogP contribution in [0.1, 0.15) is 12.5 Å². The molecule has 0 saturated carbocycles. The Hall–Kier alpha value is -4.14. The van der Waals surface area contributed by atoms with Gasteiger partial charge in [0.1, 0.15) is 12.5 Å². The van der Waals surface area contributed by atoms with E-state index >= 15 is 0 Å². The minimum absolute atomic E-state index is 0.00367. The number of nitrogen functional groups attached to an aromatic ring is 2. The minimum atomic E-state index is -1.37. The van der Waals surface area contributed by atoms with Crippen molar-refractivity contribution in [3.05, 3.63) is 57.1 Å². The van der Waals surface area contributed by atoms with E-state index in [0.717, 1.165) is 45.1 Å². The van der Waals surface area contributed by atoms with Crippen LogP contribution in [0, 0.1) is 11.6 Å². The molecule has 40 heavy (non-hydrogen) atoms. The highest BCUT2D eigenvalue weighted by atomic mass is 32.2. The Bertz CT molecular complexity index is 1420. The highest BCUT2D eigenvalue weighted by Gasteiger charge is 2.37. The van der Waals surface area contributed by atoms with Crippen LogP contribution in [-0.4, -0.2) is 65.4 Å². The summed E-state index contributed by atoms with van der Waals surface area (Å²) < 4.78 is 48.5. The smallest absolute Gasteiger partial charge is 0.353 e. The number of esters is 4. The highest BCUT2D eigenvalue weighted by Crippen LogP contribution is 2.33. The summed E-state index contributed by atoms with van der Waals surface area (Å²) in [5.74, 6) is -8.17. The molecule has 2 aliphatic heterocycles. The minimum Gasteiger partial charge on any atom is -0.387 e. The van der Waals surface area contributed by atoms with Crippen LogP contribution < -0.4 is 22.8 Å². The van der Waals surface area contributed by atoms with Crippen LogP contribution in [0.4, 0.5) is 20.4 Å². The van der Waals surface area contributed by atoms with Crippen LogP contribution in [-0.2, 0) is 38.1 Å². The van der Waals surface area contributed by atoms with Crippen molar-refractivity contribution in [2.75, 3.05) is 23.0 Å². The molecule has 212 valence electrons. The molecule has 4 rings (SSSR count). The van der Waals surface area contributed by atoms with Crippen LogP contribution in [0.15, 0.2) is 34.1 Å². The van der Waals surface area contributed by atoms with Crippen LogP contribution in [0.3, 0.4) is 0 Å². The fourth-order valence-corrected chi connectivity index (χ4v) is 5.09. The number of carbonyl (C=O) groups is 4. The van der Waals surface area contributed by atoms with Gasteiger partial charge in [0.2, 0.25) is 10.9 Å². The van der Waals surface area contributed by atoms with E-state index in [1.807, 2.05) is 0 Å². The fourth-order valence-electron chi connectivity index (χ4n) is 3.15. The standard InChI is InChI=1S/C20H16F2N6O10S2/c21-7-3-27(19(33)25-13(7)23)9-5-39-17(35-9)15(31)37-11(29)1-2-12(30)38-16(32)18-36-10(6-40-18)28-4-8(22)14(24)26-20(28)34/h1-4,9-10,17-18H,5-6H2,(H2,23,25,33)(H2,24,26,34)/b2-1-/t9-,10-,17+,18+/m0/s1. The number of halogens is 2. The van der Waals surface area contributed by atoms with Crippen molar-refractivity contribution in [2.45, 2.75) is 23.3 Å². The van der Waals surface area contributed by atoms with Gasteiger partial charge in [0.05, 0.1) is 12.4 Å². The summed E-state index contributed by atoms with van der Waals surface area (Å²) in [5, 5.41) is 0. The number of hydrogen-bond acceptors (Lipinski definition) is 16. The zero-order valence-corrected chi connectivity index (χ0v) is 21.3. The quantitative estimate of drug-likeness (QED) is 0.225. The number of carbonyl (C=O) groups excluding carboxylic acids is 4. The lowest BCUT2D eigenvalue weighted by atomic mass is 10.5. The number of aromatic nitrogens is 4. The molecule has 0 spiro atoms. The summed E-state index contributed by atoms with van der Waals surface area (Å²) in [6.45, 7) is 0. The lowest BCUT2D eigenvalue weighted by Crippen LogP contribution is -2.31. The first kappa shape index (κ1) is 28.9. The molecule has 0 aromatic carbocycles. The van der Waals surface area contributed by atoms with Gasteiger partial charge in [-0.2, -0.15) is 9.97 Å². The summed E-state index contributed by atoms with van der Waals surface area (Å²) >= 11 is 1.69. The Labute approximate surface area is 228 Å². The third-order valence-corrected chi connectivity index (χ3v) is 7.14. The maximum Gasteiger partial charge on any atom is 0.353 e. The molecule has 4 atom stereocenters. The second-order valence-corrected chi connectivity index (χ2v) is 9.84. The molecule has 2 saturated heterocycles. The van der Waals surface area contributed by atoms with Crippen molar-refractivity contribution in [3.8, 4) is 0 Å². The van der Waals surface area contributed by atoms with Gasteiger partial charge in [-0.15, -0.1) is 23.5 Å². The second kappa shape index (κ2) is 11.9. The van der Waals surface area contributed by atoms with Crippen molar-refractivity contribution < 1.29 is 46.9 Å². The van der Waals surface area contributed by atoms with Gasteiger partial charge in [0.25, 0.3) is 0 Å². The van der Waals surface area contributed by atoms with Crippen molar-refractivity contribution in [2.24, 2.45) is 0 Å². The monoisotopic (exact) mass is 602 g/mol. The third-order valence-electron chi connectivity index (χ3n) is 4.97. The molecule has 0 aliphatic carbocycles. The Morgan fingerprint density at radius 3 is 1.57 bits per heavy atom. The molecule has 2 aromatic heterocycles. The van der Waals surface area contributed by atoms with Crippen molar-refractivity contribution >= 4 is 59.0 Å². The van der Waals surface area contributed by atoms with E-state index in [0.29, 0.717) is 12.2 Å². The topological polar surface area (TPSA) is 227 Å². The van der Waals surface area contributed by atoms with Gasteiger partial charge in [-0.25, -0.2) is 37.5 Å². The van der Waals surface area contributed by atoms with Crippen molar-refractivity contribution in [1.29, 1.82) is 0 Å². The van der Waals surface area contributed by atoms with Gasteiger partial charge in [-0.3, -0.25) is 9.13 Å². The molecule has 2 fully saturated rings. The lowest BCUT2D eigenvalue weighted by molar-refractivity contribution is -0.165. The first-order valence-corrected chi connectivity index (χ1v) is 12.8. The molecule has 4 N–H and O–H groups in total. The molecule has 0 radical (unpaired) electrons. The van der Waals surface area contributed by atoms with Crippen LogP contribution in [0.5, 0.6) is 0 Å². The number of rotatable bonds is 6. The van der Waals surface area contributed by atoms with Gasteiger partial charge in [0.15, 0.2) is 23.3 Å². The summed E-state index contributed by atoms with van der Waals surface area (Å²) in [5.41, 5.74) is 5.85. The second-order valence-electron chi connectivity index (χ2n) is 7.65. The fraction of sp³-hybridized carbons (Fsp3) is 0.300. The summed E-state index contributed by atoms with van der Waals surface area (Å²) in [4.78, 5) is 78.5. The average molecular weight is 603 g/mol. The predicted molar refractivity (Wildman–Crippen MR) is 130 cm³/mol. The van der Waals surface area contributed by atoms with Gasteiger partial charge >= 0.3 is 35.3 Å². The van der Waals surface area contributed by atoms with E-state index in [2.05, 4.69) is 19.4 Å². The number of anilines is 2. The first-order chi connectivity index (χ1) is 18.9. The summed E-state index contributed by atoms with van der Waals surface area (Å²) in [6, 6.07) is 0. The molecular weight excluding hydrogens is 586 g/mol. The highest BCUT2D eigenvalue weighted by molar-refractivity contribution is 8.00. The number of hydrogen-bond donors (Lipinski definition) is 2. The summed E-state index contributed by atoms with van der Waals surface area (Å²) in [6.07, 6.45) is 0.315. The number of nitrogens with zero attached hydrogens (tertiary/aromatic N) is 4. The zero-order chi connectivity index (χ0) is 29.1. The van der Waals surface area contributed by atoms with Gasteiger partial charge in [-0.1, -0.05) is 0 Å². The van der Waals surface area contributed by atoms with E-state index in [-0.39, 0.29) is 11.5 Å². The number of nitrogens with two attached hydrogens (primary N) is 2. The predicted octanol–water partition coefficient (Wildman–Crippen LogP) is -1.19. The largest absolute Gasteiger partial charge is 0.387 e. The summed E-state index contributed by atoms with van der Waals surface area (Å²) in [7, 11) is 0. The lowest BCUT2D eigenvalue weighted by Gasteiger charge is -2.14. The maximum absolute atomic E-state index is 13.6. The Balaban J connectivity index is 1.24. The third kappa shape index (κ3) is 6.52. The van der Waals surface area contributed by atoms with Crippen molar-refractivity contribution in [1.82, 2.24) is 19.1 Å². The molecule has 2 aliphatic rings. The van der Waals surface area contributed by atoms with Crippen LogP contribution >= 0.6 is 23.5 Å². The average Bonchev–Trinajstić information content (AvgIpc) is 3.58. The Kier molecular flexibility index (Phi) is 8.61. The normalized spacial score (nSPS) is 22.4. The Morgan fingerprint density at radius 2 is 1.20 bits per heavy atom. The number of ether oxygens (including phenoxy) is 4. The molecule has 20 heteroatoms. The molecule has 0 bridgehead atoms. The molecular formula is C20H16F2N6O10S2. The van der Waals surface area contributed by atoms with Gasteiger partial charge < -0.3 is 30.4 Å². The Morgan fingerprint density at radius 1 is 0.825 bits per heavy atom. The van der Waals surface area contributed by atoms with Crippen molar-refractivity contribution in [3.63, 3.8) is 0 Å². The molecule has 2 aromatic rings. The van der Waals surface area contributed by atoms with Crippen LogP contribution in [0.2, 0.25) is 0 Å². The number of thioether (sulfide) groups is 2. The molecule has 16 nitrogen and oxygen atoms in total. The van der Waals surface area contributed by atoms with E-state index in [1.54, 1.807) is 0 Å². The van der Waals surface area contributed by atoms with E-state index < -0.39 is 81.9 Å². The first-order valence-electron chi connectivity index (χ1n) is 10.7. The molecule has 0 unspecified atom stereocenters. The zero-order valence-electron chi connectivity index (χ0n) is 19.6. The van der Waals surface area contributed by atoms with E-state index in [9.17, 15) is 37.5 Å². The van der Waals surface area contributed by atoms with E-state index in [1.165, 1.54) is 0 Å². The maximum atomic E-state index is 13.6. The molecule has 4 heterocycles. The van der Waals surface area contributed by atoms with Gasteiger partial charge in [0, 0.05) is 23.7 Å². The molecule has 0 amide bonds.